The number of esters is 1. The Morgan fingerprint density at radius 3 is 2.33 bits per heavy atom. The Morgan fingerprint density at radius 2 is 1.70 bits per heavy atom. The van der Waals surface area contributed by atoms with Crippen molar-refractivity contribution in [1.29, 1.82) is 0 Å². The molecule has 1 fully saturated rings. The number of benzene rings is 2. The summed E-state index contributed by atoms with van der Waals surface area (Å²) in [5, 5.41) is 3.96. The summed E-state index contributed by atoms with van der Waals surface area (Å²) in [6, 6.07) is 17.2. The lowest BCUT2D eigenvalue weighted by Crippen LogP contribution is -2.37. The van der Waals surface area contributed by atoms with Crippen LogP contribution in [0.15, 0.2) is 59.8 Å². The second-order valence-electron chi connectivity index (χ2n) is 6.35. The van der Waals surface area contributed by atoms with E-state index in [4.69, 9.17) is 9.57 Å². The van der Waals surface area contributed by atoms with Crippen LogP contribution in [0.2, 0.25) is 0 Å². The fourth-order valence-corrected chi connectivity index (χ4v) is 3.27. The highest BCUT2D eigenvalue weighted by atomic mass is 16.6. The number of carbonyl (C=O) groups excluding carboxylic acids is 2. The normalized spacial score (nSPS) is 17.8. The average molecular weight is 366 g/mol. The Bertz CT molecular complexity index is 831. The highest BCUT2D eigenvalue weighted by molar-refractivity contribution is 6.01. The van der Waals surface area contributed by atoms with Crippen molar-refractivity contribution >= 4 is 17.6 Å². The van der Waals surface area contributed by atoms with E-state index in [-0.39, 0.29) is 24.3 Å². The molecular weight excluding hydrogens is 344 g/mol. The van der Waals surface area contributed by atoms with Crippen LogP contribution in [0.3, 0.4) is 0 Å². The molecule has 0 bridgehead atoms. The zero-order valence-electron chi connectivity index (χ0n) is 15.4. The van der Waals surface area contributed by atoms with Gasteiger partial charge in [-0.2, -0.15) is 0 Å². The van der Waals surface area contributed by atoms with Crippen LogP contribution in [0.1, 0.15) is 23.2 Å². The molecule has 27 heavy (non-hydrogen) atoms. The largest absolute Gasteiger partial charge is 0.469 e. The van der Waals surface area contributed by atoms with Crippen molar-refractivity contribution in [3.8, 4) is 11.1 Å². The molecule has 1 aliphatic rings. The summed E-state index contributed by atoms with van der Waals surface area (Å²) in [5.41, 5.74) is 3.45. The fraction of sp³-hybridized carbons (Fsp3) is 0.286. The van der Waals surface area contributed by atoms with Crippen LogP contribution in [0, 0.1) is 0 Å². The summed E-state index contributed by atoms with van der Waals surface area (Å²) < 4.78 is 4.76. The third-order valence-electron chi connectivity index (χ3n) is 4.62. The summed E-state index contributed by atoms with van der Waals surface area (Å²) in [5.74, 6) is -0.485. The van der Waals surface area contributed by atoms with Crippen molar-refractivity contribution in [3.05, 3.63) is 60.2 Å². The van der Waals surface area contributed by atoms with Crippen molar-refractivity contribution in [2.24, 2.45) is 5.16 Å². The van der Waals surface area contributed by atoms with E-state index >= 15 is 0 Å². The Labute approximate surface area is 158 Å². The Balaban J connectivity index is 1.80. The van der Waals surface area contributed by atoms with Crippen LogP contribution in [0.25, 0.3) is 11.1 Å². The second kappa shape index (κ2) is 8.49. The SMILES string of the molecule is CO/N=C1/C[C@@H](CC(=O)OC)N(C(=O)c2ccc(-c3ccccc3)cc2)C1. The molecule has 0 aromatic heterocycles. The van der Waals surface area contributed by atoms with E-state index in [2.05, 4.69) is 5.16 Å². The van der Waals surface area contributed by atoms with Crippen LogP contribution in [-0.4, -0.2) is 49.3 Å². The van der Waals surface area contributed by atoms with Crippen molar-refractivity contribution in [3.63, 3.8) is 0 Å². The first-order valence-corrected chi connectivity index (χ1v) is 8.74. The summed E-state index contributed by atoms with van der Waals surface area (Å²) in [7, 11) is 2.81. The number of nitrogens with zero attached hydrogens (tertiary/aromatic N) is 2. The lowest BCUT2D eigenvalue weighted by molar-refractivity contribution is -0.141. The lowest BCUT2D eigenvalue weighted by Gasteiger charge is -2.23. The lowest BCUT2D eigenvalue weighted by atomic mass is 10.0. The molecule has 2 aromatic rings. The third-order valence-corrected chi connectivity index (χ3v) is 4.62. The number of carbonyl (C=O) groups is 2. The number of hydrogen-bond donors (Lipinski definition) is 0. The van der Waals surface area contributed by atoms with Gasteiger partial charge in [-0.25, -0.2) is 0 Å². The minimum absolute atomic E-state index is 0.132. The molecule has 0 unspecified atom stereocenters. The molecule has 0 N–H and O–H groups in total. The number of oxime groups is 1. The van der Waals surface area contributed by atoms with E-state index in [9.17, 15) is 9.59 Å². The van der Waals surface area contributed by atoms with Crippen LogP contribution < -0.4 is 0 Å². The molecule has 1 heterocycles. The van der Waals surface area contributed by atoms with E-state index in [0.29, 0.717) is 18.5 Å². The van der Waals surface area contributed by atoms with Gasteiger partial charge in [-0.3, -0.25) is 9.59 Å². The first-order chi connectivity index (χ1) is 13.1. The molecule has 3 rings (SSSR count). The number of ether oxygens (including phenoxy) is 1. The maximum Gasteiger partial charge on any atom is 0.307 e. The first-order valence-electron chi connectivity index (χ1n) is 8.74. The van der Waals surface area contributed by atoms with Crippen LogP contribution in [-0.2, 0) is 14.4 Å². The molecule has 2 aromatic carbocycles. The molecule has 1 saturated heterocycles. The van der Waals surface area contributed by atoms with Gasteiger partial charge >= 0.3 is 5.97 Å². The molecule has 140 valence electrons. The molecule has 0 saturated carbocycles. The van der Waals surface area contributed by atoms with Crippen molar-refractivity contribution in [1.82, 2.24) is 4.90 Å². The Kier molecular flexibility index (Phi) is 5.86. The monoisotopic (exact) mass is 366 g/mol. The number of rotatable bonds is 5. The van der Waals surface area contributed by atoms with Crippen LogP contribution in [0.5, 0.6) is 0 Å². The predicted molar refractivity (Wildman–Crippen MR) is 102 cm³/mol. The molecule has 6 nitrogen and oxygen atoms in total. The fourth-order valence-electron chi connectivity index (χ4n) is 3.27. The minimum atomic E-state index is -0.351. The predicted octanol–water partition coefficient (Wildman–Crippen LogP) is 3.13. The first kappa shape index (κ1) is 18.6. The van der Waals surface area contributed by atoms with E-state index < -0.39 is 0 Å². The number of amides is 1. The van der Waals surface area contributed by atoms with Crippen LogP contribution in [0.4, 0.5) is 0 Å². The Hall–Kier alpha value is -3.15. The summed E-state index contributed by atoms with van der Waals surface area (Å²) in [4.78, 5) is 31.2. The summed E-state index contributed by atoms with van der Waals surface area (Å²) >= 11 is 0. The summed E-state index contributed by atoms with van der Waals surface area (Å²) in [6.07, 6.45) is 0.629. The van der Waals surface area contributed by atoms with E-state index in [1.807, 2.05) is 54.6 Å². The van der Waals surface area contributed by atoms with Gasteiger partial charge in [0.1, 0.15) is 7.11 Å². The smallest absolute Gasteiger partial charge is 0.307 e. The van der Waals surface area contributed by atoms with Gasteiger partial charge in [-0.1, -0.05) is 47.6 Å². The highest BCUT2D eigenvalue weighted by Gasteiger charge is 2.35. The average Bonchev–Trinajstić information content (AvgIpc) is 3.10. The van der Waals surface area contributed by atoms with Crippen molar-refractivity contribution in [2.45, 2.75) is 18.9 Å². The maximum atomic E-state index is 13.0. The van der Waals surface area contributed by atoms with Gasteiger partial charge in [0.25, 0.3) is 5.91 Å². The Morgan fingerprint density at radius 1 is 1.04 bits per heavy atom. The standard InChI is InChI=1S/C21H22N2O4/c1-26-20(24)13-19-12-18(22-27-2)14-23(19)21(25)17-10-8-16(9-11-17)15-6-4-3-5-7-15/h3-11,19H,12-14H2,1-2H3/b22-18-/t19-/m0/s1. The van der Waals surface area contributed by atoms with E-state index in [0.717, 1.165) is 16.8 Å². The molecule has 1 amide bonds. The summed E-state index contributed by atoms with van der Waals surface area (Å²) in [6.45, 7) is 0.342. The number of hydrogen-bond acceptors (Lipinski definition) is 5. The zero-order valence-corrected chi connectivity index (χ0v) is 15.4. The van der Waals surface area contributed by atoms with Gasteiger partial charge in [0, 0.05) is 18.0 Å². The van der Waals surface area contributed by atoms with Gasteiger partial charge in [-0.15, -0.1) is 0 Å². The molecule has 1 atom stereocenters. The van der Waals surface area contributed by atoms with Gasteiger partial charge < -0.3 is 14.5 Å². The van der Waals surface area contributed by atoms with Gasteiger partial charge in [0.05, 0.1) is 25.8 Å². The number of likely N-dealkylation sites (tertiary alicyclic amines) is 1. The van der Waals surface area contributed by atoms with E-state index in [1.54, 1.807) is 4.90 Å². The maximum absolute atomic E-state index is 13.0. The molecule has 0 aliphatic carbocycles. The topological polar surface area (TPSA) is 68.2 Å². The second-order valence-corrected chi connectivity index (χ2v) is 6.35. The molecular formula is C21H22N2O4. The van der Waals surface area contributed by atoms with Crippen molar-refractivity contribution in [2.75, 3.05) is 20.8 Å². The van der Waals surface area contributed by atoms with Crippen molar-refractivity contribution < 1.29 is 19.2 Å². The zero-order chi connectivity index (χ0) is 19.2. The van der Waals surface area contributed by atoms with Gasteiger partial charge in [-0.05, 0) is 23.3 Å². The van der Waals surface area contributed by atoms with Gasteiger partial charge in [0.2, 0.25) is 0 Å². The molecule has 0 spiro atoms. The minimum Gasteiger partial charge on any atom is -0.469 e. The molecule has 1 aliphatic heterocycles. The number of methoxy groups -OCH3 is 1. The molecule has 6 heteroatoms. The third kappa shape index (κ3) is 4.34. The van der Waals surface area contributed by atoms with Crippen LogP contribution >= 0.6 is 0 Å². The van der Waals surface area contributed by atoms with Gasteiger partial charge in [0.15, 0.2) is 0 Å². The quantitative estimate of drug-likeness (QED) is 0.602. The highest BCUT2D eigenvalue weighted by Crippen LogP contribution is 2.24. The van der Waals surface area contributed by atoms with E-state index in [1.165, 1.54) is 14.2 Å². The molecule has 0 radical (unpaired) electrons.